The zero-order chi connectivity index (χ0) is 14.1. The molecule has 0 unspecified atom stereocenters. The second-order valence-electron chi connectivity index (χ2n) is 5.00. The van der Waals surface area contributed by atoms with Crippen LogP contribution in [0.2, 0.25) is 0 Å². The minimum Gasteiger partial charge on any atom is -0.486 e. The highest BCUT2D eigenvalue weighted by Crippen LogP contribution is 2.24. The molecule has 0 N–H and O–H groups in total. The van der Waals surface area contributed by atoms with Crippen LogP contribution in [0.15, 0.2) is 48.7 Å². The number of hydrogen-bond donors (Lipinski definition) is 0. The maximum absolute atomic E-state index is 13.5. The van der Waals surface area contributed by atoms with Gasteiger partial charge in [-0.3, -0.25) is 0 Å². The Kier molecular flexibility index (Phi) is 3.18. The Morgan fingerprint density at radius 2 is 1.95 bits per heavy atom. The highest BCUT2D eigenvalue weighted by atomic mass is 19.1. The molecule has 102 valence electrons. The first-order valence-corrected chi connectivity index (χ1v) is 6.57. The van der Waals surface area contributed by atoms with E-state index in [9.17, 15) is 4.39 Å². The van der Waals surface area contributed by atoms with Crippen LogP contribution in [0.1, 0.15) is 11.1 Å². The SMILES string of the molecule is Cc1ccc2c(COc3ccccc3F)cn(C)c2c1. The molecule has 0 amide bonds. The van der Waals surface area contributed by atoms with Crippen molar-refractivity contribution in [1.82, 2.24) is 4.57 Å². The lowest BCUT2D eigenvalue weighted by Crippen LogP contribution is -1.96. The molecule has 20 heavy (non-hydrogen) atoms. The van der Waals surface area contributed by atoms with E-state index < -0.39 is 0 Å². The zero-order valence-corrected chi connectivity index (χ0v) is 11.6. The van der Waals surface area contributed by atoms with Gasteiger partial charge in [0.05, 0.1) is 0 Å². The Morgan fingerprint density at radius 3 is 2.75 bits per heavy atom. The van der Waals surface area contributed by atoms with E-state index >= 15 is 0 Å². The van der Waals surface area contributed by atoms with E-state index in [2.05, 4.69) is 29.7 Å². The number of benzene rings is 2. The summed E-state index contributed by atoms with van der Waals surface area (Å²) in [5, 5.41) is 1.15. The molecule has 0 aliphatic heterocycles. The lowest BCUT2D eigenvalue weighted by Gasteiger charge is -2.06. The Balaban J connectivity index is 1.90. The van der Waals surface area contributed by atoms with Crippen molar-refractivity contribution < 1.29 is 9.13 Å². The molecule has 0 saturated carbocycles. The molecule has 0 fully saturated rings. The second-order valence-corrected chi connectivity index (χ2v) is 5.00. The molecule has 0 aliphatic rings. The number of hydrogen-bond acceptors (Lipinski definition) is 1. The van der Waals surface area contributed by atoms with Crippen molar-refractivity contribution >= 4 is 10.9 Å². The topological polar surface area (TPSA) is 14.2 Å². The molecule has 0 saturated heterocycles. The van der Waals surface area contributed by atoms with E-state index in [4.69, 9.17) is 4.74 Å². The fraction of sp³-hybridized carbons (Fsp3) is 0.176. The van der Waals surface area contributed by atoms with E-state index in [1.807, 2.05) is 13.2 Å². The molecule has 0 aliphatic carbocycles. The number of aryl methyl sites for hydroxylation is 2. The van der Waals surface area contributed by atoms with Crippen molar-refractivity contribution in [3.8, 4) is 5.75 Å². The first kappa shape index (κ1) is 12.7. The second kappa shape index (κ2) is 5.00. The standard InChI is InChI=1S/C17H16FNO/c1-12-7-8-14-13(10-19(2)16(14)9-12)11-20-17-6-4-3-5-15(17)18/h3-10H,11H2,1-2H3. The normalized spacial score (nSPS) is 10.9. The molecule has 2 nitrogen and oxygen atoms in total. The lowest BCUT2D eigenvalue weighted by atomic mass is 10.1. The smallest absolute Gasteiger partial charge is 0.165 e. The van der Waals surface area contributed by atoms with Gasteiger partial charge in [-0.05, 0) is 30.7 Å². The molecule has 2 aromatic carbocycles. The fourth-order valence-electron chi connectivity index (χ4n) is 2.41. The van der Waals surface area contributed by atoms with Gasteiger partial charge in [0, 0.05) is 29.7 Å². The van der Waals surface area contributed by atoms with Crippen LogP contribution in [-0.2, 0) is 13.7 Å². The minimum absolute atomic E-state index is 0.289. The van der Waals surface area contributed by atoms with Crippen molar-refractivity contribution in [3.05, 3.63) is 65.6 Å². The van der Waals surface area contributed by atoms with Crippen molar-refractivity contribution in [2.75, 3.05) is 0 Å². The van der Waals surface area contributed by atoms with Gasteiger partial charge in [-0.25, -0.2) is 4.39 Å². The molecule has 0 spiro atoms. The minimum atomic E-state index is -0.330. The molecule has 3 rings (SSSR count). The van der Waals surface area contributed by atoms with Gasteiger partial charge in [0.2, 0.25) is 0 Å². The number of nitrogens with zero attached hydrogens (tertiary/aromatic N) is 1. The van der Waals surface area contributed by atoms with Crippen LogP contribution < -0.4 is 4.74 Å². The summed E-state index contributed by atoms with van der Waals surface area (Å²) >= 11 is 0. The van der Waals surface area contributed by atoms with Gasteiger partial charge in [-0.1, -0.05) is 24.3 Å². The van der Waals surface area contributed by atoms with Gasteiger partial charge < -0.3 is 9.30 Å². The summed E-state index contributed by atoms with van der Waals surface area (Å²) in [5.41, 5.74) is 3.45. The van der Waals surface area contributed by atoms with E-state index in [1.54, 1.807) is 18.2 Å². The number of fused-ring (bicyclic) bond motifs is 1. The Labute approximate surface area is 117 Å². The quantitative estimate of drug-likeness (QED) is 0.695. The number of ether oxygens (including phenoxy) is 1. The summed E-state index contributed by atoms with van der Waals surface area (Å²) in [6, 6.07) is 12.8. The van der Waals surface area contributed by atoms with Crippen molar-refractivity contribution in [2.24, 2.45) is 7.05 Å². The first-order valence-electron chi connectivity index (χ1n) is 6.57. The van der Waals surface area contributed by atoms with Gasteiger partial charge in [0.15, 0.2) is 11.6 Å². The predicted octanol–water partition coefficient (Wildman–Crippen LogP) is 4.20. The van der Waals surface area contributed by atoms with Crippen LogP contribution in [0.5, 0.6) is 5.75 Å². The maximum Gasteiger partial charge on any atom is 0.165 e. The summed E-state index contributed by atoms with van der Waals surface area (Å²) in [6.07, 6.45) is 2.03. The van der Waals surface area contributed by atoms with E-state index in [0.29, 0.717) is 6.61 Å². The van der Waals surface area contributed by atoms with Crippen LogP contribution in [0.25, 0.3) is 10.9 Å². The third-order valence-electron chi connectivity index (χ3n) is 3.45. The predicted molar refractivity (Wildman–Crippen MR) is 78.4 cm³/mol. The largest absolute Gasteiger partial charge is 0.486 e. The lowest BCUT2D eigenvalue weighted by molar-refractivity contribution is 0.291. The van der Waals surface area contributed by atoms with Crippen molar-refractivity contribution in [1.29, 1.82) is 0 Å². The molecule has 0 radical (unpaired) electrons. The summed E-state index contributed by atoms with van der Waals surface area (Å²) in [6.45, 7) is 2.43. The molecular formula is C17H16FNO. The van der Waals surface area contributed by atoms with Crippen LogP contribution in [0, 0.1) is 12.7 Å². The molecule has 1 heterocycles. The number of para-hydroxylation sites is 1. The third kappa shape index (κ3) is 2.27. The Morgan fingerprint density at radius 1 is 1.15 bits per heavy atom. The summed E-state index contributed by atoms with van der Waals surface area (Å²) in [5.74, 6) is -0.0415. The molecule has 3 heteroatoms. The first-order chi connectivity index (χ1) is 9.65. The number of halogens is 1. The molecule has 0 bridgehead atoms. The van der Waals surface area contributed by atoms with Gasteiger partial charge in [-0.15, -0.1) is 0 Å². The summed E-state index contributed by atoms with van der Waals surface area (Å²) < 4.78 is 21.2. The van der Waals surface area contributed by atoms with Crippen LogP contribution in [0.3, 0.4) is 0 Å². The van der Waals surface area contributed by atoms with Crippen LogP contribution >= 0.6 is 0 Å². The van der Waals surface area contributed by atoms with E-state index in [1.165, 1.54) is 11.6 Å². The van der Waals surface area contributed by atoms with Crippen molar-refractivity contribution in [3.63, 3.8) is 0 Å². The summed E-state index contributed by atoms with van der Waals surface area (Å²) in [4.78, 5) is 0. The van der Waals surface area contributed by atoms with E-state index in [0.717, 1.165) is 16.5 Å². The average molecular weight is 269 g/mol. The summed E-state index contributed by atoms with van der Waals surface area (Å²) in [7, 11) is 2.01. The molecule has 0 atom stereocenters. The van der Waals surface area contributed by atoms with Gasteiger partial charge in [-0.2, -0.15) is 0 Å². The zero-order valence-electron chi connectivity index (χ0n) is 11.6. The van der Waals surface area contributed by atoms with Crippen molar-refractivity contribution in [2.45, 2.75) is 13.5 Å². The highest BCUT2D eigenvalue weighted by Gasteiger charge is 2.08. The number of aromatic nitrogens is 1. The van der Waals surface area contributed by atoms with Gasteiger partial charge in [0.1, 0.15) is 6.61 Å². The Hall–Kier alpha value is -2.29. The molecular weight excluding hydrogens is 253 g/mol. The maximum atomic E-state index is 13.5. The van der Waals surface area contributed by atoms with Gasteiger partial charge in [0.25, 0.3) is 0 Å². The van der Waals surface area contributed by atoms with Gasteiger partial charge >= 0.3 is 0 Å². The fourth-order valence-corrected chi connectivity index (χ4v) is 2.41. The molecule has 3 aromatic rings. The molecule has 1 aromatic heterocycles. The monoisotopic (exact) mass is 269 g/mol. The third-order valence-corrected chi connectivity index (χ3v) is 3.45. The average Bonchev–Trinajstić information content (AvgIpc) is 2.74. The highest BCUT2D eigenvalue weighted by molar-refractivity contribution is 5.84. The van der Waals surface area contributed by atoms with Crippen LogP contribution in [0.4, 0.5) is 4.39 Å². The van der Waals surface area contributed by atoms with E-state index in [-0.39, 0.29) is 11.6 Å². The van der Waals surface area contributed by atoms with Crippen LogP contribution in [-0.4, -0.2) is 4.57 Å². The Bertz CT molecular complexity index is 761. The number of rotatable bonds is 3.